The van der Waals surface area contributed by atoms with Gasteiger partial charge in [-0.3, -0.25) is 14.4 Å². The fraction of sp³-hybridized carbons (Fsp3) is 0.440. The maximum atomic E-state index is 13.7. The predicted octanol–water partition coefficient (Wildman–Crippen LogP) is 3.31. The van der Waals surface area contributed by atoms with Crippen molar-refractivity contribution in [2.45, 2.75) is 51.4 Å². The molecule has 1 aromatic carbocycles. The van der Waals surface area contributed by atoms with Crippen LogP contribution in [0.1, 0.15) is 43.9 Å². The van der Waals surface area contributed by atoms with E-state index in [4.69, 9.17) is 5.73 Å². The van der Waals surface area contributed by atoms with Crippen LogP contribution in [0.4, 0.5) is 24.7 Å². The predicted molar refractivity (Wildman–Crippen MR) is 126 cm³/mol. The third-order valence-electron chi connectivity index (χ3n) is 6.98. The van der Waals surface area contributed by atoms with Gasteiger partial charge in [0, 0.05) is 19.1 Å². The van der Waals surface area contributed by atoms with Crippen LogP contribution in [0.15, 0.2) is 42.6 Å². The summed E-state index contributed by atoms with van der Waals surface area (Å²) in [7, 11) is 0. The van der Waals surface area contributed by atoms with E-state index < -0.39 is 41.4 Å². The number of benzene rings is 1. The molecule has 36 heavy (non-hydrogen) atoms. The number of nitrogens with one attached hydrogen (secondary N) is 1. The van der Waals surface area contributed by atoms with E-state index in [1.54, 1.807) is 43.3 Å². The summed E-state index contributed by atoms with van der Waals surface area (Å²) in [6.45, 7) is 3.22. The second-order valence-corrected chi connectivity index (χ2v) is 9.35. The van der Waals surface area contributed by atoms with Gasteiger partial charge in [0.1, 0.15) is 11.2 Å². The molecule has 1 saturated carbocycles. The molecule has 1 saturated heterocycles. The van der Waals surface area contributed by atoms with Gasteiger partial charge in [-0.1, -0.05) is 37.3 Å². The van der Waals surface area contributed by atoms with Crippen molar-refractivity contribution in [2.75, 3.05) is 24.1 Å². The lowest BCUT2D eigenvalue weighted by atomic mass is 9.96. The first-order valence-corrected chi connectivity index (χ1v) is 11.8. The zero-order valence-corrected chi connectivity index (χ0v) is 20.0. The Balaban J connectivity index is 1.59. The van der Waals surface area contributed by atoms with Crippen LogP contribution in [0.2, 0.25) is 0 Å². The number of alkyl halides is 3. The van der Waals surface area contributed by atoms with Gasteiger partial charge in [-0.25, -0.2) is 4.98 Å². The van der Waals surface area contributed by atoms with Crippen molar-refractivity contribution in [3.05, 3.63) is 53.7 Å². The average Bonchev–Trinajstić information content (AvgIpc) is 3.67. The molecule has 0 unspecified atom stereocenters. The molecule has 2 heterocycles. The lowest BCUT2D eigenvalue weighted by molar-refractivity contribution is -0.201. The number of carbonyl (C=O) groups excluding carboxylic acids is 3. The molecule has 1 aliphatic heterocycles. The number of nitrogens with two attached hydrogens (primary N) is 1. The number of amides is 3. The van der Waals surface area contributed by atoms with Gasteiger partial charge in [-0.15, -0.1) is 0 Å². The van der Waals surface area contributed by atoms with Crippen LogP contribution in [0.25, 0.3) is 0 Å². The van der Waals surface area contributed by atoms with E-state index in [1.165, 1.54) is 16.0 Å². The number of aromatic nitrogens is 1. The van der Waals surface area contributed by atoms with Gasteiger partial charge in [-0.2, -0.15) is 13.2 Å². The molecule has 8 nitrogen and oxygen atoms in total. The topological polar surface area (TPSA) is 109 Å². The number of carbonyl (C=O) groups is 3. The fourth-order valence-electron chi connectivity index (χ4n) is 4.65. The molecular weight excluding hydrogens is 475 g/mol. The Hall–Kier alpha value is -3.63. The Bertz CT molecular complexity index is 1170. The van der Waals surface area contributed by atoms with E-state index in [-0.39, 0.29) is 25.9 Å². The molecule has 2 aliphatic rings. The van der Waals surface area contributed by atoms with Crippen molar-refractivity contribution in [3.63, 3.8) is 0 Å². The molecule has 2 atom stereocenters. The van der Waals surface area contributed by atoms with Crippen molar-refractivity contribution >= 4 is 29.2 Å². The summed E-state index contributed by atoms with van der Waals surface area (Å²) >= 11 is 0. The molecule has 0 spiro atoms. The fourth-order valence-corrected chi connectivity index (χ4v) is 4.65. The van der Waals surface area contributed by atoms with E-state index in [0.717, 1.165) is 0 Å². The van der Waals surface area contributed by atoms with Crippen molar-refractivity contribution in [2.24, 2.45) is 5.41 Å². The van der Waals surface area contributed by atoms with Crippen LogP contribution >= 0.6 is 0 Å². The van der Waals surface area contributed by atoms with E-state index in [1.807, 2.05) is 6.92 Å². The molecule has 2 fully saturated rings. The molecule has 1 aromatic heterocycles. The summed E-state index contributed by atoms with van der Waals surface area (Å²) < 4.78 is 41.0. The number of halogens is 3. The maximum Gasteiger partial charge on any atom is 0.403 e. The summed E-state index contributed by atoms with van der Waals surface area (Å²) in [5, 5.41) is 2.54. The maximum absolute atomic E-state index is 13.7. The monoisotopic (exact) mass is 503 g/mol. The number of anilines is 2. The third kappa shape index (κ3) is 4.61. The zero-order valence-electron chi connectivity index (χ0n) is 20.0. The second-order valence-electron chi connectivity index (χ2n) is 9.35. The first-order chi connectivity index (χ1) is 17.0. The highest BCUT2D eigenvalue weighted by molar-refractivity contribution is 6.39. The number of pyridine rings is 1. The summed E-state index contributed by atoms with van der Waals surface area (Å²) in [4.78, 5) is 45.8. The number of piperazine rings is 1. The Labute approximate surface area is 206 Å². The van der Waals surface area contributed by atoms with E-state index in [9.17, 15) is 27.6 Å². The Morgan fingerprint density at radius 1 is 1.14 bits per heavy atom. The smallest absolute Gasteiger partial charge is 0.383 e. The quantitative estimate of drug-likeness (QED) is 0.623. The Morgan fingerprint density at radius 2 is 1.81 bits per heavy atom. The van der Waals surface area contributed by atoms with Crippen molar-refractivity contribution in [3.8, 4) is 0 Å². The van der Waals surface area contributed by atoms with Crippen molar-refractivity contribution in [1.29, 1.82) is 0 Å². The van der Waals surface area contributed by atoms with Gasteiger partial charge in [0.05, 0.1) is 17.9 Å². The molecule has 0 radical (unpaired) electrons. The molecule has 4 rings (SSSR count). The number of nitrogen functional groups attached to an aromatic ring is 1. The number of hydrogen-bond donors (Lipinski definition) is 2. The highest BCUT2D eigenvalue weighted by Crippen LogP contribution is 2.59. The number of hydrogen-bond acceptors (Lipinski definition) is 5. The Kier molecular flexibility index (Phi) is 6.68. The highest BCUT2D eigenvalue weighted by atomic mass is 19.4. The average molecular weight is 504 g/mol. The molecular formula is C25H28F3N5O3. The van der Waals surface area contributed by atoms with Crippen LogP contribution in [0.3, 0.4) is 0 Å². The van der Waals surface area contributed by atoms with Crippen molar-refractivity contribution < 1.29 is 27.6 Å². The van der Waals surface area contributed by atoms with Gasteiger partial charge in [0.15, 0.2) is 0 Å². The van der Waals surface area contributed by atoms with Crippen LogP contribution in [-0.4, -0.2) is 57.8 Å². The first-order valence-electron chi connectivity index (χ1n) is 11.8. The van der Waals surface area contributed by atoms with Crippen molar-refractivity contribution in [1.82, 2.24) is 14.8 Å². The number of nitrogens with zero attached hydrogens (tertiary/aromatic N) is 3. The number of rotatable bonds is 4. The second kappa shape index (κ2) is 9.44. The normalized spacial score (nSPS) is 21.1. The minimum absolute atomic E-state index is 0.0916. The summed E-state index contributed by atoms with van der Waals surface area (Å²) in [5.41, 5.74) is 5.07. The van der Waals surface area contributed by atoms with E-state index >= 15 is 0 Å². The minimum atomic E-state index is -4.64. The van der Waals surface area contributed by atoms with Gasteiger partial charge < -0.3 is 20.9 Å². The molecule has 11 heteroatoms. The summed E-state index contributed by atoms with van der Waals surface area (Å²) in [6, 6.07) is 8.79. The molecule has 2 aromatic rings. The summed E-state index contributed by atoms with van der Waals surface area (Å²) in [6.07, 6.45) is -3.19. The van der Waals surface area contributed by atoms with Crippen LogP contribution < -0.4 is 11.1 Å². The van der Waals surface area contributed by atoms with Gasteiger partial charge in [0.25, 0.3) is 0 Å². The minimum Gasteiger partial charge on any atom is -0.383 e. The van der Waals surface area contributed by atoms with Gasteiger partial charge in [-0.05, 0) is 43.4 Å². The largest absolute Gasteiger partial charge is 0.403 e. The van der Waals surface area contributed by atoms with Crippen LogP contribution in [0.5, 0.6) is 0 Å². The van der Waals surface area contributed by atoms with Gasteiger partial charge >= 0.3 is 18.0 Å². The van der Waals surface area contributed by atoms with Gasteiger partial charge in [0.2, 0.25) is 5.91 Å². The number of aryl methyl sites for hydroxylation is 1. The molecule has 1 aliphatic carbocycles. The highest BCUT2D eigenvalue weighted by Gasteiger charge is 2.70. The molecule has 192 valence electrons. The summed E-state index contributed by atoms with van der Waals surface area (Å²) in [5.74, 6) is -2.41. The zero-order chi connectivity index (χ0) is 26.3. The lowest BCUT2D eigenvalue weighted by Gasteiger charge is -2.46. The van der Waals surface area contributed by atoms with Crippen LogP contribution in [0, 0.1) is 5.41 Å². The molecule has 3 amide bonds. The lowest BCUT2D eigenvalue weighted by Crippen LogP contribution is -2.60. The molecule has 3 N–H and O–H groups in total. The third-order valence-corrected chi connectivity index (χ3v) is 6.98. The first kappa shape index (κ1) is 25.5. The van der Waals surface area contributed by atoms with Crippen LogP contribution in [-0.2, 0) is 20.8 Å². The molecule has 0 bridgehead atoms. The standard InChI is InChI=1S/C25H28F3N5O3/c1-3-16-11-18(12-30-20(16)29)31-21(34)22(35)33-13-15(2)32(14-19(33)17-7-5-4-6-8-17)23(36)24(9-10-24)25(26,27)28/h4-8,11-12,15,19H,3,9-10,13-14H2,1-2H3,(H2,29,30)(H,31,34)/t15-,19-/m1/s1. The SMILES string of the molecule is CCc1cc(NC(=O)C(=O)N2C[C@@H](C)N(C(=O)C3(C(F)(F)F)CC3)C[C@@H]2c2ccccc2)cnc1N. The van der Waals surface area contributed by atoms with E-state index in [2.05, 4.69) is 10.3 Å². The van der Waals surface area contributed by atoms with E-state index in [0.29, 0.717) is 29.1 Å². The Morgan fingerprint density at radius 3 is 2.39 bits per heavy atom.